The first-order chi connectivity index (χ1) is 10.6. The van der Waals surface area contributed by atoms with E-state index < -0.39 is 8.80 Å². The molecule has 0 saturated heterocycles. The fourth-order valence-corrected chi connectivity index (χ4v) is 4.69. The number of fused-ring (bicyclic) bond motifs is 1. The molecular formula is C18H25O3Si. The Labute approximate surface area is 134 Å². The quantitative estimate of drug-likeness (QED) is 0.686. The van der Waals surface area contributed by atoms with Crippen molar-refractivity contribution >= 4 is 19.6 Å². The van der Waals surface area contributed by atoms with E-state index in [9.17, 15) is 0 Å². The van der Waals surface area contributed by atoms with Crippen molar-refractivity contribution in [3.63, 3.8) is 0 Å². The van der Waals surface area contributed by atoms with Gasteiger partial charge < -0.3 is 13.3 Å². The van der Waals surface area contributed by atoms with Crippen LogP contribution in [0.25, 0.3) is 10.8 Å². The third kappa shape index (κ3) is 3.96. The summed E-state index contributed by atoms with van der Waals surface area (Å²) in [5.74, 6) is 0.304. The van der Waals surface area contributed by atoms with E-state index in [0.717, 1.165) is 18.9 Å². The molecule has 0 bridgehead atoms. The van der Waals surface area contributed by atoms with Crippen LogP contribution in [-0.4, -0.2) is 30.1 Å². The molecule has 0 spiro atoms. The van der Waals surface area contributed by atoms with E-state index in [1.54, 1.807) is 21.3 Å². The lowest BCUT2D eigenvalue weighted by molar-refractivity contribution is 0.122. The van der Waals surface area contributed by atoms with Gasteiger partial charge in [0.1, 0.15) is 0 Å². The molecule has 0 aliphatic rings. The van der Waals surface area contributed by atoms with Crippen LogP contribution in [0, 0.1) is 12.8 Å². The molecule has 1 radical (unpaired) electrons. The van der Waals surface area contributed by atoms with E-state index in [0.29, 0.717) is 5.92 Å². The third-order valence-corrected chi connectivity index (χ3v) is 6.95. The molecule has 0 fully saturated rings. The van der Waals surface area contributed by atoms with Gasteiger partial charge >= 0.3 is 8.80 Å². The van der Waals surface area contributed by atoms with Crippen molar-refractivity contribution in [2.24, 2.45) is 5.92 Å². The molecule has 4 heteroatoms. The number of benzene rings is 2. The van der Waals surface area contributed by atoms with E-state index >= 15 is 0 Å². The maximum Gasteiger partial charge on any atom is 0.500 e. The van der Waals surface area contributed by atoms with Gasteiger partial charge in [0.05, 0.1) is 0 Å². The molecule has 1 atom stereocenters. The Bertz CT molecular complexity index is 582. The second-order valence-corrected chi connectivity index (χ2v) is 8.63. The molecular weight excluding hydrogens is 292 g/mol. The predicted octanol–water partition coefficient (Wildman–Crippen LogP) is 4.10. The highest BCUT2D eigenvalue weighted by Gasteiger charge is 2.37. The first-order valence-electron chi connectivity index (χ1n) is 7.59. The Morgan fingerprint density at radius 1 is 0.955 bits per heavy atom. The Balaban J connectivity index is 2.03. The molecule has 119 valence electrons. The third-order valence-electron chi connectivity index (χ3n) is 4.18. The van der Waals surface area contributed by atoms with Crippen LogP contribution in [-0.2, 0) is 19.7 Å². The highest BCUT2D eigenvalue weighted by molar-refractivity contribution is 6.60. The van der Waals surface area contributed by atoms with Crippen molar-refractivity contribution in [1.82, 2.24) is 0 Å². The van der Waals surface area contributed by atoms with Crippen LogP contribution in [0.3, 0.4) is 0 Å². The van der Waals surface area contributed by atoms with E-state index in [4.69, 9.17) is 13.3 Å². The molecule has 0 aliphatic carbocycles. The first kappa shape index (κ1) is 17.2. The summed E-state index contributed by atoms with van der Waals surface area (Å²) in [6.45, 7) is 4.30. The van der Waals surface area contributed by atoms with Gasteiger partial charge in [0.25, 0.3) is 0 Å². The highest BCUT2D eigenvalue weighted by atomic mass is 28.4. The predicted molar refractivity (Wildman–Crippen MR) is 92.7 cm³/mol. The van der Waals surface area contributed by atoms with Crippen LogP contribution >= 0.6 is 0 Å². The molecule has 0 saturated carbocycles. The number of hydrogen-bond donors (Lipinski definition) is 0. The largest absolute Gasteiger partial charge is 0.500 e. The minimum absolute atomic E-state index is 0.304. The molecule has 22 heavy (non-hydrogen) atoms. The fraction of sp³-hybridized carbons (Fsp3) is 0.389. The van der Waals surface area contributed by atoms with Crippen LogP contribution in [0.2, 0.25) is 6.04 Å². The minimum Gasteiger partial charge on any atom is -0.377 e. The van der Waals surface area contributed by atoms with Gasteiger partial charge in [0, 0.05) is 27.4 Å². The van der Waals surface area contributed by atoms with E-state index in [1.165, 1.54) is 16.3 Å². The maximum absolute atomic E-state index is 5.47. The number of hydrogen-bond acceptors (Lipinski definition) is 3. The van der Waals surface area contributed by atoms with E-state index in [1.807, 2.05) is 0 Å². The average Bonchev–Trinajstić information content (AvgIpc) is 2.57. The Kier molecular flexibility index (Phi) is 6.14. The van der Waals surface area contributed by atoms with Crippen molar-refractivity contribution in [3.05, 3.63) is 55.0 Å². The molecule has 0 aromatic heterocycles. The molecule has 0 aliphatic heterocycles. The lowest BCUT2D eigenvalue weighted by Crippen LogP contribution is -2.42. The van der Waals surface area contributed by atoms with Gasteiger partial charge in [-0.05, 0) is 42.0 Å². The molecule has 1 unspecified atom stereocenters. The molecule has 2 aromatic rings. The molecule has 2 aromatic carbocycles. The van der Waals surface area contributed by atoms with Gasteiger partial charge in [-0.15, -0.1) is 0 Å². The molecule has 0 heterocycles. The monoisotopic (exact) mass is 317 g/mol. The van der Waals surface area contributed by atoms with Crippen LogP contribution in [0.4, 0.5) is 0 Å². The van der Waals surface area contributed by atoms with Crippen molar-refractivity contribution in [1.29, 1.82) is 0 Å². The number of rotatable bonds is 8. The lowest BCUT2D eigenvalue weighted by Gasteiger charge is -2.25. The molecule has 3 nitrogen and oxygen atoms in total. The topological polar surface area (TPSA) is 27.7 Å². The summed E-state index contributed by atoms with van der Waals surface area (Å²) < 4.78 is 16.4. The average molecular weight is 317 g/mol. The van der Waals surface area contributed by atoms with Gasteiger partial charge in [-0.2, -0.15) is 0 Å². The van der Waals surface area contributed by atoms with Crippen molar-refractivity contribution in [3.8, 4) is 0 Å². The molecule has 0 amide bonds. The standard InChI is InChI=1S/C18H25O3Si/c1-15(12-13-22(19-2,20-3)21-4)14-17-10-7-9-16-8-5-6-11-18(16)17/h5-11,15H,1,12-14H2,2-4H3. The lowest BCUT2D eigenvalue weighted by atomic mass is 9.94. The Hall–Kier alpha value is -1.20. The van der Waals surface area contributed by atoms with Gasteiger partial charge in [-0.1, -0.05) is 42.5 Å². The van der Waals surface area contributed by atoms with E-state index in [2.05, 4.69) is 49.4 Å². The molecule has 0 N–H and O–H groups in total. The van der Waals surface area contributed by atoms with E-state index in [-0.39, 0.29) is 0 Å². The fourth-order valence-electron chi connectivity index (χ4n) is 2.82. The summed E-state index contributed by atoms with van der Waals surface area (Å²) >= 11 is 0. The zero-order valence-electron chi connectivity index (χ0n) is 13.7. The molecule has 2 rings (SSSR count). The van der Waals surface area contributed by atoms with Crippen LogP contribution < -0.4 is 0 Å². The van der Waals surface area contributed by atoms with Crippen LogP contribution in [0.5, 0.6) is 0 Å². The normalized spacial score (nSPS) is 13.5. The smallest absolute Gasteiger partial charge is 0.377 e. The highest BCUT2D eigenvalue weighted by Crippen LogP contribution is 2.25. The van der Waals surface area contributed by atoms with Gasteiger partial charge in [0.2, 0.25) is 0 Å². The Morgan fingerprint density at radius 2 is 1.59 bits per heavy atom. The van der Waals surface area contributed by atoms with Crippen molar-refractivity contribution < 1.29 is 13.3 Å². The summed E-state index contributed by atoms with van der Waals surface area (Å²) in [5.41, 5.74) is 1.35. The SMILES string of the molecule is [CH2]C(CC[Si](OC)(OC)OC)Cc1cccc2ccccc12. The van der Waals surface area contributed by atoms with Crippen molar-refractivity contribution in [2.45, 2.75) is 18.9 Å². The summed E-state index contributed by atoms with van der Waals surface area (Å²) in [5, 5.41) is 2.59. The first-order valence-corrected chi connectivity index (χ1v) is 9.52. The second kappa shape index (κ2) is 7.88. The Morgan fingerprint density at radius 3 is 2.27 bits per heavy atom. The zero-order chi connectivity index (χ0) is 16.0. The summed E-state index contributed by atoms with van der Waals surface area (Å²) in [6, 6.07) is 15.7. The second-order valence-electron chi connectivity index (χ2n) is 5.54. The maximum atomic E-state index is 5.47. The summed E-state index contributed by atoms with van der Waals surface area (Å²) in [6.07, 6.45) is 1.87. The van der Waals surface area contributed by atoms with Gasteiger partial charge in [0.15, 0.2) is 0 Å². The van der Waals surface area contributed by atoms with Crippen LogP contribution in [0.1, 0.15) is 12.0 Å². The minimum atomic E-state index is -2.49. The van der Waals surface area contributed by atoms with Crippen molar-refractivity contribution in [2.75, 3.05) is 21.3 Å². The van der Waals surface area contributed by atoms with Gasteiger partial charge in [-0.3, -0.25) is 0 Å². The summed E-state index contributed by atoms with van der Waals surface area (Å²) in [4.78, 5) is 0. The van der Waals surface area contributed by atoms with Gasteiger partial charge in [-0.25, -0.2) is 0 Å². The van der Waals surface area contributed by atoms with Crippen LogP contribution in [0.15, 0.2) is 42.5 Å². The zero-order valence-corrected chi connectivity index (χ0v) is 14.7. The summed E-state index contributed by atoms with van der Waals surface area (Å²) in [7, 11) is 2.47.